The fourth-order valence-corrected chi connectivity index (χ4v) is 3.20. The van der Waals surface area contributed by atoms with Crippen molar-refractivity contribution in [3.8, 4) is 11.1 Å². The monoisotopic (exact) mass is 372 g/mol. The predicted octanol–water partition coefficient (Wildman–Crippen LogP) is 6.34. The number of rotatable bonds is 5. The lowest BCUT2D eigenvalue weighted by molar-refractivity contribution is -0.0329. The SMILES string of the molecule is O=C(c1ccc(-c2ccccc2)cc1)c1ccccc1CSC(F)(F)F. The molecule has 0 unspecified atom stereocenters. The van der Waals surface area contributed by atoms with Gasteiger partial charge in [-0.1, -0.05) is 78.9 Å². The Morgan fingerprint density at radius 2 is 1.35 bits per heavy atom. The summed E-state index contributed by atoms with van der Waals surface area (Å²) < 4.78 is 37.4. The van der Waals surface area contributed by atoms with E-state index in [2.05, 4.69) is 0 Å². The number of hydrogen-bond donors (Lipinski definition) is 0. The van der Waals surface area contributed by atoms with Gasteiger partial charge in [-0.05, 0) is 28.5 Å². The van der Waals surface area contributed by atoms with Crippen LogP contribution in [0, 0.1) is 0 Å². The van der Waals surface area contributed by atoms with Crippen molar-refractivity contribution in [1.29, 1.82) is 0 Å². The third-order valence-corrected chi connectivity index (χ3v) is 4.69. The Labute approximate surface area is 153 Å². The molecule has 0 aliphatic heterocycles. The number of thioether (sulfide) groups is 1. The summed E-state index contributed by atoms with van der Waals surface area (Å²) in [6.07, 6.45) is 0. The van der Waals surface area contributed by atoms with Gasteiger partial charge in [-0.15, -0.1) is 0 Å². The summed E-state index contributed by atoms with van der Waals surface area (Å²) in [6.45, 7) is 0. The zero-order valence-electron chi connectivity index (χ0n) is 13.7. The van der Waals surface area contributed by atoms with E-state index in [1.54, 1.807) is 36.4 Å². The fraction of sp³-hybridized carbons (Fsp3) is 0.0952. The molecule has 0 bridgehead atoms. The molecular weight excluding hydrogens is 357 g/mol. The Hall–Kier alpha value is -2.53. The Kier molecular flexibility index (Phi) is 5.47. The van der Waals surface area contributed by atoms with E-state index in [4.69, 9.17) is 0 Å². The van der Waals surface area contributed by atoms with Crippen molar-refractivity contribution in [3.05, 3.63) is 95.6 Å². The first-order valence-corrected chi connectivity index (χ1v) is 8.91. The minimum atomic E-state index is -4.33. The Morgan fingerprint density at radius 1 is 0.769 bits per heavy atom. The molecule has 132 valence electrons. The fourth-order valence-electron chi connectivity index (χ4n) is 2.63. The van der Waals surface area contributed by atoms with Gasteiger partial charge in [-0.2, -0.15) is 13.2 Å². The molecule has 0 amide bonds. The van der Waals surface area contributed by atoms with E-state index in [9.17, 15) is 18.0 Å². The molecular formula is C21H15F3OS. The molecule has 26 heavy (non-hydrogen) atoms. The first-order chi connectivity index (χ1) is 12.4. The highest BCUT2D eigenvalue weighted by Gasteiger charge is 2.28. The summed E-state index contributed by atoms with van der Waals surface area (Å²) in [5, 5.41) is 0. The van der Waals surface area contributed by atoms with Crippen molar-refractivity contribution in [3.63, 3.8) is 0 Å². The summed E-state index contributed by atoms with van der Waals surface area (Å²) in [5.41, 5.74) is -1.18. The molecule has 3 rings (SSSR count). The zero-order chi connectivity index (χ0) is 18.6. The molecule has 1 nitrogen and oxygen atoms in total. The van der Waals surface area contributed by atoms with Gasteiger partial charge >= 0.3 is 5.51 Å². The van der Waals surface area contributed by atoms with Crippen molar-refractivity contribution >= 4 is 17.5 Å². The van der Waals surface area contributed by atoms with Gasteiger partial charge < -0.3 is 0 Å². The van der Waals surface area contributed by atoms with Crippen molar-refractivity contribution in [2.45, 2.75) is 11.3 Å². The second kappa shape index (κ2) is 7.79. The summed E-state index contributed by atoms with van der Waals surface area (Å²) in [5.74, 6) is -0.559. The second-order valence-corrected chi connectivity index (χ2v) is 6.70. The van der Waals surface area contributed by atoms with Gasteiger partial charge in [0.25, 0.3) is 0 Å². The molecule has 0 atom stereocenters. The smallest absolute Gasteiger partial charge is 0.289 e. The lowest BCUT2D eigenvalue weighted by atomic mass is 9.97. The Morgan fingerprint density at radius 3 is 2.00 bits per heavy atom. The van der Waals surface area contributed by atoms with Crippen molar-refractivity contribution in [1.82, 2.24) is 0 Å². The number of carbonyl (C=O) groups excluding carboxylic acids is 1. The number of carbonyl (C=O) groups is 1. The summed E-state index contributed by atoms with van der Waals surface area (Å²) in [7, 11) is 0. The van der Waals surface area contributed by atoms with Gasteiger partial charge in [0.1, 0.15) is 0 Å². The van der Waals surface area contributed by atoms with Crippen LogP contribution in [0.2, 0.25) is 0 Å². The average Bonchev–Trinajstić information content (AvgIpc) is 2.66. The second-order valence-electron chi connectivity index (χ2n) is 5.66. The summed E-state index contributed by atoms with van der Waals surface area (Å²) in [6, 6.07) is 23.3. The number of hydrogen-bond acceptors (Lipinski definition) is 2. The zero-order valence-corrected chi connectivity index (χ0v) is 14.5. The molecule has 5 heteroatoms. The minimum Gasteiger partial charge on any atom is -0.289 e. The highest BCUT2D eigenvalue weighted by molar-refractivity contribution is 7.99. The molecule has 0 saturated carbocycles. The quantitative estimate of drug-likeness (QED) is 0.486. The van der Waals surface area contributed by atoms with Crippen LogP contribution in [0.3, 0.4) is 0 Å². The molecule has 0 saturated heterocycles. The third-order valence-electron chi connectivity index (χ3n) is 3.91. The molecule has 0 aromatic heterocycles. The Balaban J connectivity index is 1.84. The van der Waals surface area contributed by atoms with E-state index in [-0.39, 0.29) is 23.3 Å². The van der Waals surface area contributed by atoms with Gasteiger partial charge in [-0.3, -0.25) is 4.79 Å². The number of benzene rings is 3. The van der Waals surface area contributed by atoms with Crippen LogP contribution in [0.1, 0.15) is 21.5 Å². The number of halogens is 3. The van der Waals surface area contributed by atoms with Crippen LogP contribution in [0.15, 0.2) is 78.9 Å². The molecule has 0 N–H and O–H groups in total. The molecule has 3 aromatic carbocycles. The number of ketones is 1. The van der Waals surface area contributed by atoms with Crippen LogP contribution < -0.4 is 0 Å². The van der Waals surface area contributed by atoms with E-state index in [1.165, 1.54) is 0 Å². The van der Waals surface area contributed by atoms with E-state index < -0.39 is 5.51 Å². The van der Waals surface area contributed by atoms with Crippen LogP contribution in [0.25, 0.3) is 11.1 Å². The van der Waals surface area contributed by atoms with E-state index in [0.29, 0.717) is 16.7 Å². The largest absolute Gasteiger partial charge is 0.442 e. The van der Waals surface area contributed by atoms with E-state index >= 15 is 0 Å². The van der Waals surface area contributed by atoms with Crippen molar-refractivity contribution in [2.75, 3.05) is 0 Å². The highest BCUT2D eigenvalue weighted by Crippen LogP contribution is 2.34. The first-order valence-electron chi connectivity index (χ1n) is 7.93. The van der Waals surface area contributed by atoms with Crippen LogP contribution in [-0.4, -0.2) is 11.3 Å². The molecule has 0 fully saturated rings. The lowest BCUT2D eigenvalue weighted by Gasteiger charge is -2.10. The predicted molar refractivity (Wildman–Crippen MR) is 99.1 cm³/mol. The summed E-state index contributed by atoms with van der Waals surface area (Å²) >= 11 is -0.139. The van der Waals surface area contributed by atoms with Crippen LogP contribution in [0.5, 0.6) is 0 Å². The molecule has 0 spiro atoms. The highest BCUT2D eigenvalue weighted by atomic mass is 32.2. The molecule has 0 radical (unpaired) electrons. The third kappa shape index (κ3) is 4.55. The van der Waals surface area contributed by atoms with Gasteiger partial charge in [0.05, 0.1) is 0 Å². The van der Waals surface area contributed by atoms with E-state index in [0.717, 1.165) is 11.1 Å². The molecule has 3 aromatic rings. The van der Waals surface area contributed by atoms with Gasteiger partial charge in [0.2, 0.25) is 0 Å². The molecule has 0 aliphatic carbocycles. The van der Waals surface area contributed by atoms with Crippen LogP contribution in [0.4, 0.5) is 13.2 Å². The standard InChI is InChI=1S/C21H15F3OS/c22-21(23,24)26-14-18-8-4-5-9-19(18)20(25)17-12-10-16(11-13-17)15-6-2-1-3-7-15/h1-13H,14H2. The first kappa shape index (κ1) is 18.3. The van der Waals surface area contributed by atoms with Gasteiger partial charge in [-0.25, -0.2) is 0 Å². The van der Waals surface area contributed by atoms with Crippen molar-refractivity contribution < 1.29 is 18.0 Å². The van der Waals surface area contributed by atoms with Gasteiger partial charge in [0, 0.05) is 16.9 Å². The molecule has 0 aliphatic rings. The van der Waals surface area contributed by atoms with E-state index in [1.807, 2.05) is 42.5 Å². The maximum absolute atomic E-state index is 12.7. The Bertz CT molecular complexity index is 887. The maximum atomic E-state index is 12.7. The summed E-state index contributed by atoms with van der Waals surface area (Å²) in [4.78, 5) is 12.7. The minimum absolute atomic E-state index is 0.139. The van der Waals surface area contributed by atoms with Gasteiger partial charge in [0.15, 0.2) is 5.78 Å². The van der Waals surface area contributed by atoms with Crippen LogP contribution >= 0.6 is 11.8 Å². The topological polar surface area (TPSA) is 17.1 Å². The van der Waals surface area contributed by atoms with Crippen molar-refractivity contribution in [2.24, 2.45) is 0 Å². The average molecular weight is 372 g/mol. The lowest BCUT2D eigenvalue weighted by Crippen LogP contribution is -2.07. The number of alkyl halides is 3. The maximum Gasteiger partial charge on any atom is 0.442 e. The van der Waals surface area contributed by atoms with Crippen LogP contribution in [-0.2, 0) is 5.75 Å². The normalized spacial score (nSPS) is 11.3. The molecule has 0 heterocycles.